The first kappa shape index (κ1) is 14.1. The number of carbonyl (C=O) groups is 1. The van der Waals surface area contributed by atoms with Gasteiger partial charge in [-0.05, 0) is 18.6 Å². The van der Waals surface area contributed by atoms with Gasteiger partial charge in [0, 0.05) is 18.2 Å². The molecular formula is C15H18N2O3. The molecule has 1 aromatic carbocycles. The monoisotopic (exact) mass is 274 g/mol. The lowest BCUT2D eigenvalue weighted by Gasteiger charge is -2.00. The summed E-state index contributed by atoms with van der Waals surface area (Å²) < 4.78 is 10.4. The second-order valence-corrected chi connectivity index (χ2v) is 4.42. The van der Waals surface area contributed by atoms with Gasteiger partial charge in [0.05, 0.1) is 7.11 Å². The lowest BCUT2D eigenvalue weighted by atomic mass is 10.1. The topological polar surface area (TPSA) is 64.4 Å². The maximum Gasteiger partial charge on any atom is 0.273 e. The van der Waals surface area contributed by atoms with Crippen LogP contribution in [0.25, 0.3) is 11.3 Å². The number of hydrogen-bond acceptors (Lipinski definition) is 4. The second-order valence-electron chi connectivity index (χ2n) is 4.42. The summed E-state index contributed by atoms with van der Waals surface area (Å²) in [6.07, 6.45) is 1.99. The highest BCUT2D eigenvalue weighted by molar-refractivity contribution is 5.93. The van der Waals surface area contributed by atoms with Gasteiger partial charge in [-0.3, -0.25) is 4.79 Å². The van der Waals surface area contributed by atoms with Crippen molar-refractivity contribution in [2.45, 2.75) is 19.8 Å². The van der Waals surface area contributed by atoms with Crippen LogP contribution in [0.5, 0.6) is 5.75 Å². The van der Waals surface area contributed by atoms with Crippen LogP contribution >= 0.6 is 0 Å². The van der Waals surface area contributed by atoms with Crippen LogP contribution in [0.1, 0.15) is 30.3 Å². The largest absolute Gasteiger partial charge is 0.497 e. The van der Waals surface area contributed by atoms with Crippen molar-refractivity contribution < 1.29 is 14.1 Å². The van der Waals surface area contributed by atoms with Crippen molar-refractivity contribution in [3.63, 3.8) is 0 Å². The summed E-state index contributed by atoms with van der Waals surface area (Å²) in [5.74, 6) is 1.06. The van der Waals surface area contributed by atoms with Crippen molar-refractivity contribution in [2.75, 3.05) is 13.7 Å². The van der Waals surface area contributed by atoms with Crippen molar-refractivity contribution >= 4 is 5.91 Å². The third kappa shape index (κ3) is 3.38. The van der Waals surface area contributed by atoms with Gasteiger partial charge in [0.1, 0.15) is 5.75 Å². The highest BCUT2D eigenvalue weighted by atomic mass is 16.5. The summed E-state index contributed by atoms with van der Waals surface area (Å²) in [7, 11) is 1.60. The molecule has 106 valence electrons. The van der Waals surface area contributed by atoms with Gasteiger partial charge in [-0.25, -0.2) is 0 Å². The van der Waals surface area contributed by atoms with Crippen LogP contribution in [-0.4, -0.2) is 24.7 Å². The van der Waals surface area contributed by atoms with Crippen LogP contribution < -0.4 is 10.1 Å². The number of unbranched alkanes of at least 4 members (excludes halogenated alkanes) is 1. The van der Waals surface area contributed by atoms with Gasteiger partial charge in [0.2, 0.25) is 0 Å². The molecule has 5 nitrogen and oxygen atoms in total. The normalized spacial score (nSPS) is 10.3. The van der Waals surface area contributed by atoms with Crippen molar-refractivity contribution in [1.29, 1.82) is 0 Å². The van der Waals surface area contributed by atoms with Crippen molar-refractivity contribution in [3.05, 3.63) is 36.0 Å². The molecule has 0 aliphatic rings. The van der Waals surface area contributed by atoms with Crippen LogP contribution in [0.15, 0.2) is 34.9 Å². The summed E-state index contributed by atoms with van der Waals surface area (Å²) >= 11 is 0. The van der Waals surface area contributed by atoms with E-state index in [2.05, 4.69) is 17.4 Å². The van der Waals surface area contributed by atoms with Crippen LogP contribution in [0.4, 0.5) is 0 Å². The van der Waals surface area contributed by atoms with E-state index in [-0.39, 0.29) is 5.91 Å². The van der Waals surface area contributed by atoms with Crippen LogP contribution in [-0.2, 0) is 0 Å². The fraction of sp³-hybridized carbons (Fsp3) is 0.333. The zero-order chi connectivity index (χ0) is 14.4. The average molecular weight is 274 g/mol. The quantitative estimate of drug-likeness (QED) is 0.823. The van der Waals surface area contributed by atoms with E-state index < -0.39 is 0 Å². The van der Waals surface area contributed by atoms with Crippen molar-refractivity contribution in [3.8, 4) is 17.1 Å². The number of benzene rings is 1. The molecule has 0 saturated heterocycles. The average Bonchev–Trinajstić information content (AvgIpc) is 2.97. The minimum absolute atomic E-state index is 0.212. The molecule has 0 saturated carbocycles. The van der Waals surface area contributed by atoms with E-state index in [1.807, 2.05) is 24.3 Å². The van der Waals surface area contributed by atoms with Gasteiger partial charge in [0.15, 0.2) is 11.5 Å². The summed E-state index contributed by atoms with van der Waals surface area (Å²) in [5, 5.41) is 6.60. The van der Waals surface area contributed by atoms with Gasteiger partial charge in [-0.15, -0.1) is 0 Å². The number of nitrogens with zero attached hydrogens (tertiary/aromatic N) is 1. The zero-order valence-electron chi connectivity index (χ0n) is 11.7. The molecule has 0 radical (unpaired) electrons. The molecule has 1 N–H and O–H groups in total. The molecule has 20 heavy (non-hydrogen) atoms. The minimum Gasteiger partial charge on any atom is -0.497 e. The molecule has 2 aromatic rings. The molecule has 2 rings (SSSR count). The molecule has 0 aliphatic carbocycles. The molecule has 5 heteroatoms. The zero-order valence-corrected chi connectivity index (χ0v) is 11.7. The van der Waals surface area contributed by atoms with Crippen molar-refractivity contribution in [2.24, 2.45) is 0 Å². The Morgan fingerprint density at radius 2 is 2.25 bits per heavy atom. The SMILES string of the molecule is CCCCNC(=O)c1cc(-c2cccc(OC)c2)on1. The van der Waals surface area contributed by atoms with Gasteiger partial charge in [-0.2, -0.15) is 0 Å². The number of methoxy groups -OCH3 is 1. The fourth-order valence-corrected chi connectivity index (χ4v) is 1.76. The predicted octanol–water partition coefficient (Wildman–Crippen LogP) is 2.88. The van der Waals surface area contributed by atoms with Gasteiger partial charge < -0.3 is 14.6 Å². The number of aromatic nitrogens is 1. The first-order valence-corrected chi connectivity index (χ1v) is 6.64. The molecule has 0 unspecified atom stereocenters. The summed E-state index contributed by atoms with van der Waals surface area (Å²) in [6.45, 7) is 2.72. The van der Waals surface area contributed by atoms with Crippen LogP contribution in [0.2, 0.25) is 0 Å². The Bertz CT molecular complexity index is 578. The number of hydrogen-bond donors (Lipinski definition) is 1. The lowest BCUT2D eigenvalue weighted by molar-refractivity contribution is 0.0944. The first-order chi connectivity index (χ1) is 9.74. The van der Waals surface area contributed by atoms with E-state index in [0.717, 1.165) is 24.2 Å². The third-order valence-corrected chi connectivity index (χ3v) is 2.91. The Kier molecular flexibility index (Phi) is 4.76. The molecule has 0 bridgehead atoms. The van der Waals surface area contributed by atoms with Crippen LogP contribution in [0.3, 0.4) is 0 Å². The third-order valence-electron chi connectivity index (χ3n) is 2.91. The van der Waals surface area contributed by atoms with E-state index in [1.54, 1.807) is 13.2 Å². The van der Waals surface area contributed by atoms with E-state index in [9.17, 15) is 4.79 Å². The van der Waals surface area contributed by atoms with E-state index >= 15 is 0 Å². The number of carbonyl (C=O) groups excluding carboxylic acids is 1. The highest BCUT2D eigenvalue weighted by Crippen LogP contribution is 2.24. The summed E-state index contributed by atoms with van der Waals surface area (Å²) in [4.78, 5) is 11.8. The number of rotatable bonds is 6. The van der Waals surface area contributed by atoms with E-state index in [0.29, 0.717) is 18.0 Å². The Hall–Kier alpha value is -2.30. The number of ether oxygens (including phenoxy) is 1. The molecule has 1 heterocycles. The number of amides is 1. The van der Waals surface area contributed by atoms with Crippen LogP contribution in [0, 0.1) is 0 Å². The molecule has 0 spiro atoms. The molecule has 1 amide bonds. The van der Waals surface area contributed by atoms with E-state index in [4.69, 9.17) is 9.26 Å². The molecule has 0 atom stereocenters. The minimum atomic E-state index is -0.212. The first-order valence-electron chi connectivity index (χ1n) is 6.64. The summed E-state index contributed by atoms with van der Waals surface area (Å²) in [6, 6.07) is 9.05. The maximum absolute atomic E-state index is 11.8. The maximum atomic E-state index is 11.8. The highest BCUT2D eigenvalue weighted by Gasteiger charge is 2.13. The Morgan fingerprint density at radius 3 is 3.00 bits per heavy atom. The van der Waals surface area contributed by atoms with Gasteiger partial charge >= 0.3 is 0 Å². The van der Waals surface area contributed by atoms with Crippen molar-refractivity contribution in [1.82, 2.24) is 10.5 Å². The molecule has 0 aliphatic heterocycles. The lowest BCUT2D eigenvalue weighted by Crippen LogP contribution is -2.24. The van der Waals surface area contributed by atoms with Gasteiger partial charge in [0.25, 0.3) is 5.91 Å². The van der Waals surface area contributed by atoms with E-state index in [1.165, 1.54) is 0 Å². The smallest absolute Gasteiger partial charge is 0.273 e. The standard InChI is InChI=1S/C15H18N2O3/c1-3-4-8-16-15(18)13-10-14(20-17-13)11-6-5-7-12(9-11)19-2/h5-7,9-10H,3-4,8H2,1-2H3,(H,16,18). The Balaban J connectivity index is 2.09. The molecule has 1 aromatic heterocycles. The summed E-state index contributed by atoms with van der Waals surface area (Å²) in [5.41, 5.74) is 1.11. The molecular weight excluding hydrogens is 256 g/mol. The van der Waals surface area contributed by atoms with Gasteiger partial charge in [-0.1, -0.05) is 30.6 Å². The predicted molar refractivity (Wildman–Crippen MR) is 75.7 cm³/mol. The second kappa shape index (κ2) is 6.75. The fourth-order valence-electron chi connectivity index (χ4n) is 1.76. The number of nitrogens with one attached hydrogen (secondary N) is 1. The Morgan fingerprint density at radius 1 is 1.40 bits per heavy atom. The Labute approximate surface area is 117 Å². The molecule has 0 fully saturated rings.